The van der Waals surface area contributed by atoms with Crippen molar-refractivity contribution in [3.8, 4) is 0 Å². The molecule has 0 amide bonds. The van der Waals surface area contributed by atoms with Crippen LogP contribution in [0, 0.1) is 16.0 Å². The van der Waals surface area contributed by atoms with Crippen LogP contribution in [-0.4, -0.2) is 20.5 Å². The first kappa shape index (κ1) is 14.3. The topological polar surface area (TPSA) is 78.0 Å². The summed E-state index contributed by atoms with van der Waals surface area (Å²) in [7, 11) is 1.64. The van der Waals surface area contributed by atoms with E-state index in [2.05, 4.69) is 5.10 Å². The van der Waals surface area contributed by atoms with Crippen molar-refractivity contribution < 1.29 is 9.72 Å². The largest absolute Gasteiger partial charge is 0.314 e. The fraction of sp³-hybridized carbons (Fsp3) is 0.667. The van der Waals surface area contributed by atoms with Gasteiger partial charge in [-0.05, 0) is 0 Å². The van der Waals surface area contributed by atoms with E-state index in [1.165, 1.54) is 4.68 Å². The Morgan fingerprint density at radius 1 is 1.39 bits per heavy atom. The molecule has 1 aromatic rings. The highest BCUT2D eigenvalue weighted by Crippen LogP contribution is 2.29. The van der Waals surface area contributed by atoms with E-state index < -0.39 is 4.92 Å². The van der Waals surface area contributed by atoms with Gasteiger partial charge in [-0.2, -0.15) is 5.10 Å². The SMILES string of the molecule is CC(C)C(=O)Cc1c([N+](=O)[O-])c(C(C)C)nn1C. The molecule has 100 valence electrons. The van der Waals surface area contributed by atoms with Crippen molar-refractivity contribution in [2.24, 2.45) is 13.0 Å². The minimum absolute atomic E-state index is 0.0125. The minimum atomic E-state index is -0.439. The Morgan fingerprint density at radius 3 is 2.33 bits per heavy atom. The van der Waals surface area contributed by atoms with Gasteiger partial charge in [0.05, 0.1) is 11.3 Å². The molecular weight excluding hydrogens is 234 g/mol. The minimum Gasteiger partial charge on any atom is -0.299 e. The molecule has 1 aromatic heterocycles. The van der Waals surface area contributed by atoms with Gasteiger partial charge in [0.2, 0.25) is 0 Å². The van der Waals surface area contributed by atoms with Crippen molar-refractivity contribution in [1.29, 1.82) is 0 Å². The number of nitro groups is 1. The van der Waals surface area contributed by atoms with E-state index in [-0.39, 0.29) is 29.7 Å². The highest BCUT2D eigenvalue weighted by atomic mass is 16.6. The van der Waals surface area contributed by atoms with Crippen molar-refractivity contribution >= 4 is 11.5 Å². The Hall–Kier alpha value is -1.72. The normalized spacial score (nSPS) is 11.3. The first-order valence-corrected chi connectivity index (χ1v) is 5.98. The first-order chi connectivity index (χ1) is 8.25. The van der Waals surface area contributed by atoms with Crippen LogP contribution in [0.3, 0.4) is 0 Å². The second-order valence-electron chi connectivity index (χ2n) is 5.01. The monoisotopic (exact) mass is 253 g/mol. The second-order valence-corrected chi connectivity index (χ2v) is 5.01. The molecule has 0 aromatic carbocycles. The van der Waals surface area contributed by atoms with Crippen LogP contribution in [0.25, 0.3) is 0 Å². The molecular formula is C12H19N3O3. The molecule has 6 nitrogen and oxygen atoms in total. The number of carbonyl (C=O) groups excluding carboxylic acids is 1. The number of carbonyl (C=O) groups is 1. The van der Waals surface area contributed by atoms with Gasteiger partial charge in [0.15, 0.2) is 0 Å². The fourth-order valence-electron chi connectivity index (χ4n) is 1.73. The van der Waals surface area contributed by atoms with Crippen LogP contribution >= 0.6 is 0 Å². The highest BCUT2D eigenvalue weighted by Gasteiger charge is 2.29. The molecule has 0 bridgehead atoms. The maximum Gasteiger partial charge on any atom is 0.314 e. The molecule has 0 aliphatic heterocycles. The summed E-state index contributed by atoms with van der Waals surface area (Å²) < 4.78 is 1.45. The highest BCUT2D eigenvalue weighted by molar-refractivity contribution is 5.83. The lowest BCUT2D eigenvalue weighted by molar-refractivity contribution is -0.386. The summed E-state index contributed by atoms with van der Waals surface area (Å²) in [5, 5.41) is 15.3. The van der Waals surface area contributed by atoms with Crippen LogP contribution < -0.4 is 0 Å². The van der Waals surface area contributed by atoms with E-state index in [4.69, 9.17) is 0 Å². The molecule has 0 atom stereocenters. The summed E-state index contributed by atoms with van der Waals surface area (Å²) in [6.07, 6.45) is 0.0597. The number of rotatable bonds is 5. The number of nitrogens with zero attached hydrogens (tertiary/aromatic N) is 3. The standard InChI is InChI=1S/C12H19N3O3/c1-7(2)10(16)6-9-12(15(17)18)11(8(3)4)13-14(9)5/h7-8H,6H2,1-5H3. The Morgan fingerprint density at radius 2 is 1.94 bits per heavy atom. The van der Waals surface area contributed by atoms with E-state index in [9.17, 15) is 14.9 Å². The molecule has 0 radical (unpaired) electrons. The van der Waals surface area contributed by atoms with Crippen molar-refractivity contribution in [2.45, 2.75) is 40.0 Å². The van der Waals surface area contributed by atoms with Crippen LogP contribution in [0.2, 0.25) is 0 Å². The molecule has 0 aliphatic carbocycles. The van der Waals surface area contributed by atoms with E-state index >= 15 is 0 Å². The van der Waals surface area contributed by atoms with Gasteiger partial charge in [0, 0.05) is 18.9 Å². The Labute approximate surface area is 106 Å². The van der Waals surface area contributed by atoms with Gasteiger partial charge in [-0.15, -0.1) is 0 Å². The number of aryl methyl sites for hydroxylation is 1. The molecule has 0 saturated carbocycles. The molecule has 0 aliphatic rings. The van der Waals surface area contributed by atoms with E-state index in [0.717, 1.165) is 0 Å². The zero-order valence-electron chi connectivity index (χ0n) is 11.4. The molecule has 1 rings (SSSR count). The lowest BCUT2D eigenvalue weighted by atomic mass is 10.0. The number of Topliss-reactive ketones (excluding diaryl/α,β-unsaturated/α-hetero) is 1. The van der Waals surface area contributed by atoms with Gasteiger partial charge in [-0.1, -0.05) is 27.7 Å². The zero-order valence-corrected chi connectivity index (χ0v) is 11.4. The van der Waals surface area contributed by atoms with Crippen LogP contribution in [0.4, 0.5) is 5.69 Å². The average molecular weight is 253 g/mol. The van der Waals surface area contributed by atoms with Crippen molar-refractivity contribution in [2.75, 3.05) is 0 Å². The number of aromatic nitrogens is 2. The van der Waals surface area contributed by atoms with E-state index in [1.807, 2.05) is 13.8 Å². The number of ketones is 1. The molecule has 0 fully saturated rings. The third-order valence-corrected chi connectivity index (χ3v) is 2.88. The van der Waals surface area contributed by atoms with Gasteiger partial charge >= 0.3 is 5.69 Å². The van der Waals surface area contributed by atoms with E-state index in [0.29, 0.717) is 11.4 Å². The van der Waals surface area contributed by atoms with Gasteiger partial charge in [-0.25, -0.2) is 0 Å². The predicted octanol–water partition coefficient (Wildman–Crippen LogP) is 2.22. The molecule has 0 saturated heterocycles. The average Bonchev–Trinajstić information content (AvgIpc) is 2.56. The van der Waals surface area contributed by atoms with Crippen LogP contribution in [0.5, 0.6) is 0 Å². The number of hydrogen-bond donors (Lipinski definition) is 0. The van der Waals surface area contributed by atoms with Crippen molar-refractivity contribution in [1.82, 2.24) is 9.78 Å². The lowest BCUT2D eigenvalue weighted by Crippen LogP contribution is -2.14. The third kappa shape index (κ3) is 2.75. The summed E-state index contributed by atoms with van der Waals surface area (Å²) in [6, 6.07) is 0. The first-order valence-electron chi connectivity index (χ1n) is 5.98. The molecule has 1 heterocycles. The van der Waals surface area contributed by atoms with Crippen LogP contribution in [0.15, 0.2) is 0 Å². The van der Waals surface area contributed by atoms with Crippen LogP contribution in [-0.2, 0) is 18.3 Å². The predicted molar refractivity (Wildman–Crippen MR) is 67.5 cm³/mol. The maximum absolute atomic E-state index is 11.8. The number of hydrogen-bond acceptors (Lipinski definition) is 4. The Balaban J connectivity index is 3.26. The van der Waals surface area contributed by atoms with Crippen molar-refractivity contribution in [3.63, 3.8) is 0 Å². The van der Waals surface area contributed by atoms with Crippen LogP contribution in [0.1, 0.15) is 45.0 Å². The molecule has 18 heavy (non-hydrogen) atoms. The lowest BCUT2D eigenvalue weighted by Gasteiger charge is -2.04. The van der Waals surface area contributed by atoms with E-state index in [1.54, 1.807) is 20.9 Å². The third-order valence-electron chi connectivity index (χ3n) is 2.88. The summed E-state index contributed by atoms with van der Waals surface area (Å²) >= 11 is 0. The summed E-state index contributed by atoms with van der Waals surface area (Å²) in [5.74, 6) is -0.196. The molecule has 0 spiro atoms. The molecule has 6 heteroatoms. The van der Waals surface area contributed by atoms with Crippen molar-refractivity contribution in [3.05, 3.63) is 21.5 Å². The summed E-state index contributed by atoms with van der Waals surface area (Å²) in [5.41, 5.74) is 0.818. The Kier molecular flexibility index (Phi) is 4.21. The molecule has 0 unspecified atom stereocenters. The Bertz CT molecular complexity index is 475. The zero-order chi connectivity index (χ0) is 14.0. The van der Waals surface area contributed by atoms with Gasteiger partial charge in [-0.3, -0.25) is 19.6 Å². The quantitative estimate of drug-likeness (QED) is 0.595. The van der Waals surface area contributed by atoms with Gasteiger partial charge in [0.25, 0.3) is 0 Å². The molecule has 0 N–H and O–H groups in total. The maximum atomic E-state index is 11.8. The second kappa shape index (κ2) is 5.29. The fourth-order valence-corrected chi connectivity index (χ4v) is 1.73. The van der Waals surface area contributed by atoms with Gasteiger partial charge in [0.1, 0.15) is 17.2 Å². The van der Waals surface area contributed by atoms with Gasteiger partial charge < -0.3 is 0 Å². The summed E-state index contributed by atoms with van der Waals surface area (Å²) in [4.78, 5) is 22.5. The summed E-state index contributed by atoms with van der Waals surface area (Å²) in [6.45, 7) is 7.27. The smallest absolute Gasteiger partial charge is 0.299 e.